The maximum Gasteiger partial charge on any atom is 0.340 e. The van der Waals surface area contributed by atoms with Gasteiger partial charge in [0.1, 0.15) is 11.3 Å². The van der Waals surface area contributed by atoms with E-state index in [1.165, 1.54) is 0 Å². The van der Waals surface area contributed by atoms with Gasteiger partial charge in [-0.25, -0.2) is 9.59 Å². The highest BCUT2D eigenvalue weighted by Gasteiger charge is 2.27. The number of esters is 1. The minimum absolute atomic E-state index is 0.241. The smallest absolute Gasteiger partial charge is 0.340 e. The van der Waals surface area contributed by atoms with E-state index in [9.17, 15) is 9.59 Å². The van der Waals surface area contributed by atoms with Crippen molar-refractivity contribution >= 4 is 22.6 Å². The number of nitrogens with zero attached hydrogens (tertiary/aromatic N) is 1. The van der Waals surface area contributed by atoms with E-state index in [4.69, 9.17) is 13.9 Å². The highest BCUT2D eigenvalue weighted by atomic mass is 16.5. The summed E-state index contributed by atoms with van der Waals surface area (Å²) in [6, 6.07) is 11.3. The summed E-state index contributed by atoms with van der Waals surface area (Å²) in [6.07, 6.45) is 3.78. The van der Waals surface area contributed by atoms with Gasteiger partial charge in [0.25, 0.3) is 0 Å². The Bertz CT molecular complexity index is 1200. The molecule has 30 heavy (non-hydrogen) atoms. The second-order valence-corrected chi connectivity index (χ2v) is 7.68. The number of anilines is 1. The maximum absolute atomic E-state index is 12.6. The Hall–Kier alpha value is -3.28. The fraction of sp³-hybridized carbons (Fsp3) is 0.333. The third-order valence-corrected chi connectivity index (χ3v) is 5.92. The topological polar surface area (TPSA) is 69.0 Å². The summed E-state index contributed by atoms with van der Waals surface area (Å²) in [5, 5.41) is 0.993. The van der Waals surface area contributed by atoms with Crippen molar-refractivity contribution in [3.05, 3.63) is 69.1 Å². The zero-order valence-electron chi connectivity index (χ0n) is 16.9. The fourth-order valence-corrected chi connectivity index (χ4v) is 4.50. The Morgan fingerprint density at radius 3 is 2.70 bits per heavy atom. The summed E-state index contributed by atoms with van der Waals surface area (Å²) in [4.78, 5) is 27.0. The lowest BCUT2D eigenvalue weighted by Gasteiger charge is -2.32. The molecule has 1 aliphatic heterocycles. The van der Waals surface area contributed by atoms with Crippen LogP contribution in [0.5, 0.6) is 5.75 Å². The molecule has 0 bridgehead atoms. The third-order valence-electron chi connectivity index (χ3n) is 5.92. The number of rotatable bonds is 3. The molecule has 2 heterocycles. The van der Waals surface area contributed by atoms with Crippen LogP contribution in [0.15, 0.2) is 45.6 Å². The van der Waals surface area contributed by atoms with Gasteiger partial charge in [0.2, 0.25) is 0 Å². The van der Waals surface area contributed by atoms with Crippen molar-refractivity contribution < 1.29 is 18.7 Å². The first-order chi connectivity index (χ1) is 14.7. The molecule has 6 heteroatoms. The van der Waals surface area contributed by atoms with E-state index >= 15 is 0 Å². The lowest BCUT2D eigenvalue weighted by molar-refractivity contribution is 0.0527. The summed E-state index contributed by atoms with van der Waals surface area (Å²) < 4.78 is 17.0. The Balaban J connectivity index is 1.60. The molecule has 0 spiro atoms. The highest BCUT2D eigenvalue weighted by molar-refractivity contribution is 5.96. The molecule has 2 aromatic carbocycles. The number of aryl methyl sites for hydroxylation is 1. The first-order valence-corrected chi connectivity index (χ1v) is 10.4. The molecular formula is C24H23NO5. The van der Waals surface area contributed by atoms with Crippen molar-refractivity contribution in [3.8, 4) is 5.75 Å². The molecule has 154 valence electrons. The van der Waals surface area contributed by atoms with Crippen LogP contribution in [0.1, 0.15) is 46.8 Å². The zero-order valence-corrected chi connectivity index (χ0v) is 16.9. The number of carbonyl (C=O) groups is 1. The summed E-state index contributed by atoms with van der Waals surface area (Å²) in [5.74, 6) is 0.351. The second-order valence-electron chi connectivity index (χ2n) is 7.68. The molecule has 3 aromatic rings. The molecule has 0 fully saturated rings. The van der Waals surface area contributed by atoms with Gasteiger partial charge in [0.15, 0.2) is 6.73 Å². The summed E-state index contributed by atoms with van der Waals surface area (Å²) in [6.45, 7) is 2.87. The minimum atomic E-state index is -0.364. The minimum Gasteiger partial charge on any atom is -0.473 e. The van der Waals surface area contributed by atoms with Crippen molar-refractivity contribution in [2.45, 2.75) is 39.2 Å². The summed E-state index contributed by atoms with van der Waals surface area (Å²) in [7, 11) is 0. The van der Waals surface area contributed by atoms with Crippen LogP contribution in [-0.2, 0) is 24.1 Å². The van der Waals surface area contributed by atoms with Gasteiger partial charge in [-0.15, -0.1) is 0 Å². The van der Waals surface area contributed by atoms with Crippen molar-refractivity contribution in [1.29, 1.82) is 0 Å². The Kier molecular flexibility index (Phi) is 4.69. The Morgan fingerprint density at radius 1 is 1.07 bits per heavy atom. The van der Waals surface area contributed by atoms with Crippen LogP contribution in [0.25, 0.3) is 11.0 Å². The lowest BCUT2D eigenvalue weighted by Crippen LogP contribution is -2.33. The number of hydrogen-bond acceptors (Lipinski definition) is 6. The van der Waals surface area contributed by atoms with E-state index in [-0.39, 0.29) is 11.6 Å². The van der Waals surface area contributed by atoms with Gasteiger partial charge in [0.05, 0.1) is 30.0 Å². The van der Waals surface area contributed by atoms with Crippen LogP contribution in [-0.4, -0.2) is 19.3 Å². The van der Waals surface area contributed by atoms with Crippen LogP contribution in [0, 0.1) is 0 Å². The van der Waals surface area contributed by atoms with E-state index in [1.54, 1.807) is 13.0 Å². The number of ether oxygens (including phenoxy) is 2. The van der Waals surface area contributed by atoms with Gasteiger partial charge < -0.3 is 18.8 Å². The molecule has 0 amide bonds. The molecule has 0 radical (unpaired) electrons. The molecule has 0 N–H and O–H groups in total. The van der Waals surface area contributed by atoms with Crippen LogP contribution < -0.4 is 15.3 Å². The molecule has 0 saturated heterocycles. The van der Waals surface area contributed by atoms with Crippen LogP contribution in [0.4, 0.5) is 5.69 Å². The summed E-state index contributed by atoms with van der Waals surface area (Å²) >= 11 is 0. The van der Waals surface area contributed by atoms with Crippen LogP contribution in [0.3, 0.4) is 0 Å². The van der Waals surface area contributed by atoms with Crippen molar-refractivity contribution in [1.82, 2.24) is 0 Å². The van der Waals surface area contributed by atoms with Gasteiger partial charge in [-0.1, -0.05) is 12.1 Å². The van der Waals surface area contributed by atoms with E-state index in [0.29, 0.717) is 36.8 Å². The average molecular weight is 405 g/mol. The monoisotopic (exact) mass is 405 g/mol. The van der Waals surface area contributed by atoms with Crippen LogP contribution >= 0.6 is 0 Å². The van der Waals surface area contributed by atoms with Crippen molar-refractivity contribution in [2.75, 3.05) is 18.2 Å². The predicted octanol–water partition coefficient (Wildman–Crippen LogP) is 4.21. The number of hydrogen-bond donors (Lipinski definition) is 0. The van der Waals surface area contributed by atoms with Crippen molar-refractivity contribution in [2.24, 2.45) is 0 Å². The molecule has 0 unspecified atom stereocenters. The van der Waals surface area contributed by atoms with E-state index in [1.807, 2.05) is 35.2 Å². The molecule has 0 atom stereocenters. The van der Waals surface area contributed by atoms with Crippen molar-refractivity contribution in [3.63, 3.8) is 0 Å². The number of para-hydroxylation sites is 1. The summed E-state index contributed by atoms with van der Waals surface area (Å²) in [5.41, 5.74) is 4.34. The largest absolute Gasteiger partial charge is 0.473 e. The van der Waals surface area contributed by atoms with Crippen LogP contribution in [0.2, 0.25) is 0 Å². The maximum atomic E-state index is 12.6. The number of fused-ring (bicyclic) bond motifs is 5. The van der Waals surface area contributed by atoms with E-state index < -0.39 is 0 Å². The SMILES string of the molecule is CCOC(=O)c1ccccc1N1COc2ccc3c4c(c(=O)oc3c2C1)CCCC4. The second kappa shape index (κ2) is 7.52. The average Bonchev–Trinajstić information content (AvgIpc) is 2.79. The molecule has 6 nitrogen and oxygen atoms in total. The molecule has 1 aliphatic carbocycles. The van der Waals surface area contributed by atoms with Gasteiger partial charge >= 0.3 is 11.6 Å². The number of carbonyl (C=O) groups excluding carboxylic acids is 1. The predicted molar refractivity (Wildman–Crippen MR) is 113 cm³/mol. The highest BCUT2D eigenvalue weighted by Crippen LogP contribution is 2.37. The van der Waals surface area contributed by atoms with Gasteiger partial charge in [-0.3, -0.25) is 0 Å². The quantitative estimate of drug-likeness (QED) is 0.480. The third kappa shape index (κ3) is 3.03. The lowest BCUT2D eigenvalue weighted by atomic mass is 9.90. The Morgan fingerprint density at radius 2 is 1.87 bits per heavy atom. The van der Waals surface area contributed by atoms with E-state index in [0.717, 1.165) is 53.4 Å². The molecule has 5 rings (SSSR count). The molecular weight excluding hydrogens is 382 g/mol. The zero-order chi connectivity index (χ0) is 20.7. The first-order valence-electron chi connectivity index (χ1n) is 10.4. The fourth-order valence-electron chi connectivity index (χ4n) is 4.50. The first kappa shape index (κ1) is 18.7. The molecule has 2 aliphatic rings. The van der Waals surface area contributed by atoms with Gasteiger partial charge in [-0.2, -0.15) is 0 Å². The Labute approximate surface area is 174 Å². The standard InChI is InChI=1S/C24H23NO5/c1-2-28-23(26)18-9-5-6-10-20(18)25-13-19-21(29-14-25)12-11-16-15-7-3-4-8-17(15)24(27)30-22(16)19/h5-6,9-12H,2-4,7-8,13-14H2,1H3. The number of benzene rings is 2. The normalized spacial score (nSPS) is 15.3. The molecule has 1 aromatic heterocycles. The van der Waals surface area contributed by atoms with Gasteiger partial charge in [0, 0.05) is 10.9 Å². The van der Waals surface area contributed by atoms with Gasteiger partial charge in [-0.05, 0) is 62.4 Å². The van der Waals surface area contributed by atoms with E-state index in [2.05, 4.69) is 0 Å². The molecule has 0 saturated carbocycles.